The third-order valence-electron chi connectivity index (χ3n) is 2.67. The summed E-state index contributed by atoms with van der Waals surface area (Å²) in [6, 6.07) is 13.3. The Morgan fingerprint density at radius 1 is 0.842 bits per heavy atom. The van der Waals surface area contributed by atoms with Crippen LogP contribution in [0.4, 0.5) is 0 Å². The van der Waals surface area contributed by atoms with Crippen molar-refractivity contribution in [2.75, 3.05) is 0 Å². The predicted octanol–water partition coefficient (Wildman–Crippen LogP) is 4.24. The highest BCUT2D eigenvalue weighted by molar-refractivity contribution is 6.33. The molecule has 0 unspecified atom stereocenters. The second-order valence-corrected chi connectivity index (χ2v) is 4.75. The van der Waals surface area contributed by atoms with Gasteiger partial charge in [0, 0.05) is 29.7 Å². The van der Waals surface area contributed by atoms with E-state index in [9.17, 15) is 0 Å². The molecule has 19 heavy (non-hydrogen) atoms. The van der Waals surface area contributed by atoms with Gasteiger partial charge in [0.15, 0.2) is 5.82 Å². The number of hydrogen-bond acceptors (Lipinski definition) is 2. The van der Waals surface area contributed by atoms with Gasteiger partial charge in [0.25, 0.3) is 0 Å². The highest BCUT2D eigenvalue weighted by Crippen LogP contribution is 2.22. The van der Waals surface area contributed by atoms with Gasteiger partial charge in [-0.25, -0.2) is 9.97 Å². The van der Waals surface area contributed by atoms with Gasteiger partial charge in [0.05, 0.1) is 0 Å². The van der Waals surface area contributed by atoms with Crippen LogP contribution in [-0.4, -0.2) is 14.5 Å². The second kappa shape index (κ2) is 5.03. The maximum absolute atomic E-state index is 5.90. The molecule has 0 aliphatic rings. The van der Waals surface area contributed by atoms with Gasteiger partial charge in [-0.1, -0.05) is 35.3 Å². The largest absolute Gasteiger partial charge is 0.324 e. The summed E-state index contributed by atoms with van der Waals surface area (Å²) in [7, 11) is 0. The minimum Gasteiger partial charge on any atom is -0.324 e. The van der Waals surface area contributed by atoms with Gasteiger partial charge in [-0.15, -0.1) is 0 Å². The zero-order valence-electron chi connectivity index (χ0n) is 9.79. The molecule has 0 atom stereocenters. The summed E-state index contributed by atoms with van der Waals surface area (Å²) in [5.74, 6) is 0.520. The van der Waals surface area contributed by atoms with E-state index in [2.05, 4.69) is 9.97 Å². The lowest BCUT2D eigenvalue weighted by atomic mass is 10.2. The Labute approximate surface area is 120 Å². The van der Waals surface area contributed by atoms with Crippen LogP contribution < -0.4 is 0 Å². The Balaban J connectivity index is 2.08. The van der Waals surface area contributed by atoms with E-state index in [0.717, 1.165) is 11.3 Å². The second-order valence-electron chi connectivity index (χ2n) is 3.98. The Morgan fingerprint density at radius 3 is 2.21 bits per heavy atom. The normalized spacial score (nSPS) is 10.6. The van der Waals surface area contributed by atoms with E-state index in [1.807, 2.05) is 53.4 Å². The van der Waals surface area contributed by atoms with Gasteiger partial charge in [0.2, 0.25) is 0 Å². The van der Waals surface area contributed by atoms with Crippen molar-refractivity contribution in [2.45, 2.75) is 0 Å². The van der Waals surface area contributed by atoms with Crippen molar-refractivity contribution in [1.82, 2.24) is 14.5 Å². The van der Waals surface area contributed by atoms with Crippen molar-refractivity contribution in [3.63, 3.8) is 0 Å². The first-order chi connectivity index (χ1) is 9.22. The molecule has 0 saturated heterocycles. The van der Waals surface area contributed by atoms with Crippen molar-refractivity contribution < 1.29 is 0 Å². The fourth-order valence-corrected chi connectivity index (χ4v) is 2.25. The van der Waals surface area contributed by atoms with Crippen molar-refractivity contribution in [2.24, 2.45) is 0 Å². The quantitative estimate of drug-likeness (QED) is 0.661. The molecule has 0 spiro atoms. The van der Waals surface area contributed by atoms with E-state index in [1.165, 1.54) is 6.07 Å². The first kappa shape index (κ1) is 12.2. The maximum atomic E-state index is 5.90. The first-order valence-electron chi connectivity index (χ1n) is 5.66. The predicted molar refractivity (Wildman–Crippen MR) is 76.8 cm³/mol. The molecule has 2 heterocycles. The summed E-state index contributed by atoms with van der Waals surface area (Å²) in [5, 5.41) is 0.669. The van der Waals surface area contributed by atoms with Crippen LogP contribution in [0.5, 0.6) is 0 Å². The molecule has 5 heteroatoms. The third kappa shape index (κ3) is 2.62. The zero-order valence-corrected chi connectivity index (χ0v) is 11.3. The average molecular weight is 290 g/mol. The van der Waals surface area contributed by atoms with E-state index in [4.69, 9.17) is 23.2 Å². The smallest absolute Gasteiger partial charge is 0.162 e. The first-order valence-corrected chi connectivity index (χ1v) is 6.42. The van der Waals surface area contributed by atoms with Crippen molar-refractivity contribution in [1.29, 1.82) is 0 Å². The molecule has 0 aliphatic carbocycles. The summed E-state index contributed by atoms with van der Waals surface area (Å²) in [6.07, 6.45) is 3.95. The highest BCUT2D eigenvalue weighted by Gasteiger charge is 2.06. The van der Waals surface area contributed by atoms with Crippen molar-refractivity contribution in [3.8, 4) is 17.1 Å². The maximum Gasteiger partial charge on any atom is 0.162 e. The number of hydrogen-bond donors (Lipinski definition) is 0. The van der Waals surface area contributed by atoms with Crippen LogP contribution in [0, 0.1) is 0 Å². The van der Waals surface area contributed by atoms with Crippen LogP contribution in [0.3, 0.4) is 0 Å². The number of aromatic nitrogens is 3. The van der Waals surface area contributed by atoms with E-state index in [-0.39, 0.29) is 0 Å². The van der Waals surface area contributed by atoms with Crippen LogP contribution >= 0.6 is 23.2 Å². The lowest BCUT2D eigenvalue weighted by molar-refractivity contribution is 1.08. The number of rotatable bonds is 2. The Bertz CT molecular complexity index is 688. The van der Waals surface area contributed by atoms with Crippen LogP contribution in [0.25, 0.3) is 17.1 Å². The summed E-state index contributed by atoms with van der Waals surface area (Å²) in [4.78, 5) is 8.37. The van der Waals surface area contributed by atoms with Crippen molar-refractivity contribution in [3.05, 3.63) is 65.2 Å². The molecule has 0 aliphatic heterocycles. The third-order valence-corrected chi connectivity index (χ3v) is 3.06. The molecule has 3 nitrogen and oxygen atoms in total. The molecular weight excluding hydrogens is 281 g/mol. The van der Waals surface area contributed by atoms with Crippen LogP contribution in [0.15, 0.2) is 54.9 Å². The zero-order chi connectivity index (χ0) is 13.2. The van der Waals surface area contributed by atoms with Gasteiger partial charge in [-0.2, -0.15) is 0 Å². The molecule has 1 aromatic carbocycles. The lowest BCUT2D eigenvalue weighted by Gasteiger charge is -2.06. The van der Waals surface area contributed by atoms with E-state index >= 15 is 0 Å². The van der Waals surface area contributed by atoms with Crippen molar-refractivity contribution >= 4 is 23.2 Å². The molecule has 3 rings (SSSR count). The Kier molecular flexibility index (Phi) is 3.23. The monoisotopic (exact) mass is 289 g/mol. The molecule has 0 saturated carbocycles. The lowest BCUT2D eigenvalue weighted by Crippen LogP contribution is -1.93. The molecule has 0 bridgehead atoms. The summed E-state index contributed by atoms with van der Waals surface area (Å²) < 4.78 is 2.01. The molecule has 3 aromatic rings. The highest BCUT2D eigenvalue weighted by atomic mass is 35.5. The van der Waals surface area contributed by atoms with Gasteiger partial charge >= 0.3 is 0 Å². The fraction of sp³-hybridized carbons (Fsp3) is 0. The minimum absolute atomic E-state index is 0.335. The Morgan fingerprint density at radius 2 is 1.53 bits per heavy atom. The SMILES string of the molecule is Clc1cc(Cl)nc(-c2cccc(-n3cccc3)c2)n1. The molecule has 0 radical (unpaired) electrons. The van der Waals surface area contributed by atoms with Gasteiger partial charge in [-0.05, 0) is 24.3 Å². The van der Waals surface area contributed by atoms with E-state index in [0.29, 0.717) is 16.1 Å². The number of nitrogens with zero attached hydrogens (tertiary/aromatic N) is 3. The average Bonchev–Trinajstić information content (AvgIpc) is 2.92. The molecule has 0 amide bonds. The molecular formula is C14H9Cl2N3. The van der Waals surface area contributed by atoms with E-state index in [1.54, 1.807) is 0 Å². The minimum atomic E-state index is 0.335. The Hall–Kier alpha value is -1.84. The van der Waals surface area contributed by atoms with Gasteiger partial charge < -0.3 is 4.57 Å². The van der Waals surface area contributed by atoms with Gasteiger partial charge in [-0.3, -0.25) is 0 Å². The fourth-order valence-electron chi connectivity index (χ4n) is 1.83. The van der Waals surface area contributed by atoms with Crippen LogP contribution in [0.1, 0.15) is 0 Å². The summed E-state index contributed by atoms with van der Waals surface area (Å²) in [6.45, 7) is 0. The topological polar surface area (TPSA) is 30.7 Å². The molecule has 0 N–H and O–H groups in total. The van der Waals surface area contributed by atoms with E-state index < -0.39 is 0 Å². The standard InChI is InChI=1S/C14H9Cl2N3/c15-12-9-13(16)18-14(17-12)10-4-3-5-11(8-10)19-6-1-2-7-19/h1-9H. The molecule has 94 valence electrons. The summed E-state index contributed by atoms with van der Waals surface area (Å²) >= 11 is 11.8. The molecule has 0 fully saturated rings. The number of benzene rings is 1. The van der Waals surface area contributed by atoms with Crippen LogP contribution in [0.2, 0.25) is 10.3 Å². The van der Waals surface area contributed by atoms with Crippen LogP contribution in [-0.2, 0) is 0 Å². The summed E-state index contributed by atoms with van der Waals surface area (Å²) in [5.41, 5.74) is 1.90. The van der Waals surface area contributed by atoms with Gasteiger partial charge in [0.1, 0.15) is 10.3 Å². The number of halogens is 2. The molecule has 2 aromatic heterocycles.